The van der Waals surface area contributed by atoms with E-state index in [0.29, 0.717) is 6.61 Å². The Kier molecular flexibility index (Phi) is 3.70. The maximum absolute atomic E-state index is 6.19. The van der Waals surface area contributed by atoms with Gasteiger partial charge in [-0.25, -0.2) is 0 Å². The van der Waals surface area contributed by atoms with Gasteiger partial charge in [0.2, 0.25) is 0 Å². The van der Waals surface area contributed by atoms with Gasteiger partial charge in [0.15, 0.2) is 0 Å². The van der Waals surface area contributed by atoms with Gasteiger partial charge >= 0.3 is 0 Å². The van der Waals surface area contributed by atoms with Crippen molar-refractivity contribution in [2.24, 2.45) is 0 Å². The molecule has 4 aromatic rings. The van der Waals surface area contributed by atoms with E-state index in [1.54, 1.807) is 0 Å². The molecule has 4 rings (SSSR count). The summed E-state index contributed by atoms with van der Waals surface area (Å²) in [6.07, 6.45) is 0. The van der Waals surface area contributed by atoms with Crippen molar-refractivity contribution in [1.29, 1.82) is 0 Å². The normalized spacial score (nSPS) is 11.1. The highest BCUT2D eigenvalue weighted by Crippen LogP contribution is 2.37. The summed E-state index contributed by atoms with van der Waals surface area (Å²) in [6, 6.07) is 25.3. The van der Waals surface area contributed by atoms with Crippen LogP contribution in [0.25, 0.3) is 21.5 Å². The molecule has 0 heterocycles. The monoisotopic (exact) mass is 312 g/mol. The van der Waals surface area contributed by atoms with Crippen LogP contribution in [0, 0.1) is 13.8 Å². The van der Waals surface area contributed by atoms with Gasteiger partial charge in [-0.05, 0) is 52.8 Å². The molecule has 0 spiro atoms. The summed E-state index contributed by atoms with van der Waals surface area (Å²) >= 11 is 0. The molecule has 0 atom stereocenters. The van der Waals surface area contributed by atoms with Crippen LogP contribution in [0.4, 0.5) is 0 Å². The number of fused-ring (bicyclic) bond motifs is 2. The molecule has 24 heavy (non-hydrogen) atoms. The van der Waals surface area contributed by atoms with E-state index in [2.05, 4.69) is 68.4 Å². The Bertz CT molecular complexity index is 1020. The van der Waals surface area contributed by atoms with Gasteiger partial charge in [0, 0.05) is 5.39 Å². The van der Waals surface area contributed by atoms with Gasteiger partial charge in [-0.3, -0.25) is 0 Å². The third-order valence-corrected chi connectivity index (χ3v) is 4.78. The molecule has 0 saturated heterocycles. The standard InChI is InChI=1S/C23H20O/c1-16-19-11-6-7-12-20(19)17(2)23-21(16)13-8-14-22(23)24-15-18-9-4-3-5-10-18/h3-14H,15H2,1-2H3. The highest BCUT2D eigenvalue weighted by atomic mass is 16.5. The molecule has 0 bridgehead atoms. The van der Waals surface area contributed by atoms with E-state index in [-0.39, 0.29) is 0 Å². The summed E-state index contributed by atoms with van der Waals surface area (Å²) in [7, 11) is 0. The van der Waals surface area contributed by atoms with Crippen LogP contribution in [0.5, 0.6) is 5.75 Å². The van der Waals surface area contributed by atoms with Gasteiger partial charge in [0.05, 0.1) is 0 Å². The quantitative estimate of drug-likeness (QED) is 0.410. The zero-order valence-electron chi connectivity index (χ0n) is 14.0. The first-order chi connectivity index (χ1) is 11.8. The average Bonchev–Trinajstić information content (AvgIpc) is 2.65. The van der Waals surface area contributed by atoms with Gasteiger partial charge in [-0.1, -0.05) is 66.7 Å². The zero-order valence-corrected chi connectivity index (χ0v) is 14.0. The molecule has 1 heteroatoms. The van der Waals surface area contributed by atoms with E-state index in [9.17, 15) is 0 Å². The summed E-state index contributed by atoms with van der Waals surface area (Å²) < 4.78 is 6.19. The van der Waals surface area contributed by atoms with Crippen molar-refractivity contribution < 1.29 is 4.74 Å². The lowest BCUT2D eigenvalue weighted by atomic mass is 9.93. The van der Waals surface area contributed by atoms with Crippen LogP contribution in [0.15, 0.2) is 72.8 Å². The number of hydrogen-bond acceptors (Lipinski definition) is 1. The van der Waals surface area contributed by atoms with E-state index in [1.165, 1.54) is 38.2 Å². The summed E-state index contributed by atoms with van der Waals surface area (Å²) in [5.41, 5.74) is 3.79. The molecule has 118 valence electrons. The smallest absolute Gasteiger partial charge is 0.127 e. The lowest BCUT2D eigenvalue weighted by Gasteiger charge is -2.16. The van der Waals surface area contributed by atoms with E-state index < -0.39 is 0 Å². The summed E-state index contributed by atoms with van der Waals surface area (Å²) in [6.45, 7) is 4.98. The summed E-state index contributed by atoms with van der Waals surface area (Å²) in [5.74, 6) is 0.961. The van der Waals surface area contributed by atoms with Gasteiger partial charge < -0.3 is 4.74 Å². The van der Waals surface area contributed by atoms with Crippen LogP contribution in [0.3, 0.4) is 0 Å². The second-order valence-corrected chi connectivity index (χ2v) is 6.25. The molecule has 0 aliphatic carbocycles. The van der Waals surface area contributed by atoms with Crippen molar-refractivity contribution in [3.8, 4) is 5.75 Å². The first kappa shape index (κ1) is 14.8. The molecule has 0 aliphatic heterocycles. The number of ether oxygens (including phenoxy) is 1. The van der Waals surface area contributed by atoms with Crippen LogP contribution in [0.1, 0.15) is 16.7 Å². The maximum Gasteiger partial charge on any atom is 0.127 e. The number of rotatable bonds is 3. The second-order valence-electron chi connectivity index (χ2n) is 6.25. The van der Waals surface area contributed by atoms with Gasteiger partial charge in [-0.2, -0.15) is 0 Å². The molecule has 0 fully saturated rings. The molecular formula is C23H20O. The first-order valence-electron chi connectivity index (χ1n) is 8.33. The minimum atomic E-state index is 0.589. The van der Waals surface area contributed by atoms with E-state index >= 15 is 0 Å². The third kappa shape index (κ3) is 2.43. The molecule has 0 aliphatic rings. The molecule has 4 aromatic carbocycles. The fourth-order valence-electron chi connectivity index (χ4n) is 3.50. The Morgan fingerprint density at radius 3 is 2.00 bits per heavy atom. The minimum absolute atomic E-state index is 0.589. The molecule has 1 nitrogen and oxygen atoms in total. The topological polar surface area (TPSA) is 9.23 Å². The largest absolute Gasteiger partial charge is 0.488 e. The summed E-state index contributed by atoms with van der Waals surface area (Å²) in [5, 5.41) is 5.13. The second kappa shape index (κ2) is 6.01. The predicted octanol–water partition coefficient (Wildman–Crippen LogP) is 6.19. The van der Waals surface area contributed by atoms with Crippen LogP contribution >= 0.6 is 0 Å². The molecule has 0 aromatic heterocycles. The molecule has 0 unspecified atom stereocenters. The zero-order chi connectivity index (χ0) is 16.5. The van der Waals surface area contributed by atoms with E-state index in [0.717, 1.165) is 5.75 Å². The Balaban J connectivity index is 1.87. The SMILES string of the molecule is Cc1c2ccccc2c(C)c2c(OCc3ccccc3)cccc12. The highest BCUT2D eigenvalue weighted by molar-refractivity contribution is 6.07. The molecule has 0 saturated carbocycles. The highest BCUT2D eigenvalue weighted by Gasteiger charge is 2.12. The van der Waals surface area contributed by atoms with Crippen LogP contribution in [-0.2, 0) is 6.61 Å². The Morgan fingerprint density at radius 1 is 0.625 bits per heavy atom. The van der Waals surface area contributed by atoms with Gasteiger partial charge in [-0.15, -0.1) is 0 Å². The van der Waals surface area contributed by atoms with Gasteiger partial charge in [0.1, 0.15) is 12.4 Å². The number of benzene rings is 4. The van der Waals surface area contributed by atoms with Crippen molar-refractivity contribution in [2.75, 3.05) is 0 Å². The first-order valence-corrected chi connectivity index (χ1v) is 8.33. The average molecular weight is 312 g/mol. The fraction of sp³-hybridized carbons (Fsp3) is 0.130. The third-order valence-electron chi connectivity index (χ3n) is 4.78. The van der Waals surface area contributed by atoms with Crippen LogP contribution in [-0.4, -0.2) is 0 Å². The van der Waals surface area contributed by atoms with Crippen molar-refractivity contribution in [3.05, 3.63) is 89.5 Å². The molecular weight excluding hydrogens is 292 g/mol. The van der Waals surface area contributed by atoms with Crippen LogP contribution < -0.4 is 4.74 Å². The Morgan fingerprint density at radius 2 is 1.25 bits per heavy atom. The molecule has 0 N–H and O–H groups in total. The van der Waals surface area contributed by atoms with Crippen molar-refractivity contribution in [1.82, 2.24) is 0 Å². The summed E-state index contributed by atoms with van der Waals surface area (Å²) in [4.78, 5) is 0. The number of aryl methyl sites for hydroxylation is 2. The molecule has 0 amide bonds. The van der Waals surface area contributed by atoms with E-state index in [1.807, 2.05) is 18.2 Å². The maximum atomic E-state index is 6.19. The van der Waals surface area contributed by atoms with Crippen molar-refractivity contribution >= 4 is 21.5 Å². The predicted molar refractivity (Wildman–Crippen MR) is 102 cm³/mol. The Hall–Kier alpha value is -2.80. The van der Waals surface area contributed by atoms with Crippen molar-refractivity contribution in [2.45, 2.75) is 20.5 Å². The fourth-order valence-corrected chi connectivity index (χ4v) is 3.50. The minimum Gasteiger partial charge on any atom is -0.488 e. The number of hydrogen-bond donors (Lipinski definition) is 0. The van der Waals surface area contributed by atoms with Crippen LogP contribution in [0.2, 0.25) is 0 Å². The lowest BCUT2D eigenvalue weighted by Crippen LogP contribution is -1.97. The van der Waals surface area contributed by atoms with E-state index in [4.69, 9.17) is 4.74 Å². The lowest BCUT2D eigenvalue weighted by molar-refractivity contribution is 0.310. The molecule has 0 radical (unpaired) electrons. The van der Waals surface area contributed by atoms with Gasteiger partial charge in [0.25, 0.3) is 0 Å². The van der Waals surface area contributed by atoms with Crippen molar-refractivity contribution in [3.63, 3.8) is 0 Å². The Labute approximate surface area is 142 Å².